The van der Waals surface area contributed by atoms with Crippen molar-refractivity contribution >= 4 is 29.0 Å². The van der Waals surface area contributed by atoms with E-state index in [1.54, 1.807) is 24.3 Å². The van der Waals surface area contributed by atoms with Gasteiger partial charge < -0.3 is 9.73 Å². The van der Waals surface area contributed by atoms with Crippen LogP contribution in [-0.2, 0) is 9.59 Å². The molecular weight excluding hydrogens is 394 g/mol. The highest BCUT2D eigenvalue weighted by molar-refractivity contribution is 5.88. The molecule has 0 atom stereocenters. The summed E-state index contributed by atoms with van der Waals surface area (Å²) in [6.45, 7) is 2.06. The first-order valence-corrected chi connectivity index (χ1v) is 11.2. The lowest BCUT2D eigenvalue weighted by Gasteiger charge is -2.05. The Labute approximate surface area is 183 Å². The second-order valence-corrected chi connectivity index (χ2v) is 7.66. The van der Waals surface area contributed by atoms with Crippen LogP contribution in [0.15, 0.2) is 44.8 Å². The van der Waals surface area contributed by atoms with Crippen LogP contribution in [-0.4, -0.2) is 24.6 Å². The average Bonchev–Trinajstić information content (AvgIpc) is 2.78. The van der Waals surface area contributed by atoms with Crippen LogP contribution < -0.4 is 16.2 Å². The van der Waals surface area contributed by atoms with Crippen molar-refractivity contribution in [3.05, 3.63) is 46.3 Å². The largest absolute Gasteiger partial charge is 0.463 e. The minimum atomic E-state index is -0.457. The standard InChI is InChI=1S/C24H33N3O4/c1-2-3-4-5-6-7-8-9-10-15-22(28)25-17-23(29)27-26-16-19-18-31-21-14-12-11-13-20(21)24(19)30/h11-14,16,18H,2-10,15,17H2,1H3,(H,25,28)(H,27,29)/b26-16+. The van der Waals surface area contributed by atoms with Gasteiger partial charge in [-0.05, 0) is 18.6 Å². The van der Waals surface area contributed by atoms with Crippen LogP contribution in [0.25, 0.3) is 11.0 Å². The molecule has 168 valence electrons. The van der Waals surface area contributed by atoms with Gasteiger partial charge in [-0.1, -0.05) is 70.4 Å². The minimum Gasteiger partial charge on any atom is -0.463 e. The predicted octanol–water partition coefficient (Wildman–Crippen LogP) is 4.28. The first-order chi connectivity index (χ1) is 15.1. The molecule has 0 unspecified atom stereocenters. The average molecular weight is 428 g/mol. The van der Waals surface area contributed by atoms with Gasteiger partial charge in [-0.25, -0.2) is 5.43 Å². The maximum absolute atomic E-state index is 12.3. The van der Waals surface area contributed by atoms with Gasteiger partial charge in [0, 0.05) is 6.42 Å². The van der Waals surface area contributed by atoms with Crippen molar-refractivity contribution in [2.24, 2.45) is 5.10 Å². The molecule has 0 saturated heterocycles. The predicted molar refractivity (Wildman–Crippen MR) is 123 cm³/mol. The number of rotatable bonds is 14. The number of hydrogen-bond donors (Lipinski definition) is 2. The second kappa shape index (κ2) is 14.1. The third kappa shape index (κ3) is 9.15. The summed E-state index contributed by atoms with van der Waals surface area (Å²) in [6.07, 6.45) is 13.7. The Morgan fingerprint density at radius 3 is 2.39 bits per heavy atom. The molecule has 0 saturated carbocycles. The fourth-order valence-electron chi connectivity index (χ4n) is 3.26. The highest BCUT2D eigenvalue weighted by atomic mass is 16.3. The molecule has 1 heterocycles. The Hall–Kier alpha value is -2.96. The number of hydrogen-bond acceptors (Lipinski definition) is 5. The number of carbonyl (C=O) groups is 2. The Morgan fingerprint density at radius 2 is 1.65 bits per heavy atom. The number of amides is 2. The first-order valence-electron chi connectivity index (χ1n) is 11.2. The van der Waals surface area contributed by atoms with Gasteiger partial charge in [-0.3, -0.25) is 14.4 Å². The van der Waals surface area contributed by atoms with Crippen LogP contribution in [0.2, 0.25) is 0 Å². The number of hydrazone groups is 1. The quantitative estimate of drug-likeness (QED) is 0.267. The molecule has 0 fully saturated rings. The smallest absolute Gasteiger partial charge is 0.259 e. The summed E-state index contributed by atoms with van der Waals surface area (Å²) >= 11 is 0. The second-order valence-electron chi connectivity index (χ2n) is 7.66. The molecule has 0 bridgehead atoms. The van der Waals surface area contributed by atoms with Gasteiger partial charge in [0.1, 0.15) is 11.8 Å². The Bertz CT molecular complexity index is 920. The van der Waals surface area contributed by atoms with E-state index >= 15 is 0 Å². The molecule has 0 radical (unpaired) electrons. The fraction of sp³-hybridized carbons (Fsp3) is 0.500. The molecule has 0 aliphatic heterocycles. The molecule has 1 aromatic heterocycles. The molecule has 2 N–H and O–H groups in total. The van der Waals surface area contributed by atoms with E-state index in [1.807, 2.05) is 0 Å². The molecule has 31 heavy (non-hydrogen) atoms. The maximum atomic E-state index is 12.3. The molecule has 7 nitrogen and oxygen atoms in total. The molecule has 1 aromatic carbocycles. The zero-order chi connectivity index (χ0) is 22.3. The lowest BCUT2D eigenvalue weighted by Crippen LogP contribution is -2.34. The number of nitrogens with zero attached hydrogens (tertiary/aromatic N) is 1. The fourth-order valence-corrected chi connectivity index (χ4v) is 3.26. The third-order valence-electron chi connectivity index (χ3n) is 5.05. The highest BCUT2D eigenvalue weighted by Crippen LogP contribution is 2.11. The normalized spacial score (nSPS) is 11.1. The maximum Gasteiger partial charge on any atom is 0.259 e. The topological polar surface area (TPSA) is 101 Å². The van der Waals surface area contributed by atoms with Crippen molar-refractivity contribution < 1.29 is 14.0 Å². The van der Waals surface area contributed by atoms with E-state index in [9.17, 15) is 14.4 Å². The number of fused-ring (bicyclic) bond motifs is 1. The molecule has 0 aliphatic rings. The van der Waals surface area contributed by atoms with Crippen LogP contribution in [0.3, 0.4) is 0 Å². The van der Waals surface area contributed by atoms with E-state index in [-0.39, 0.29) is 23.4 Å². The summed E-state index contributed by atoms with van der Waals surface area (Å²) in [4.78, 5) is 36.0. The monoisotopic (exact) mass is 427 g/mol. The van der Waals surface area contributed by atoms with E-state index in [0.717, 1.165) is 19.3 Å². The van der Waals surface area contributed by atoms with Gasteiger partial charge in [-0.15, -0.1) is 0 Å². The number of carbonyl (C=O) groups excluding carboxylic acids is 2. The van der Waals surface area contributed by atoms with Crippen molar-refractivity contribution in [2.45, 2.75) is 71.1 Å². The van der Waals surface area contributed by atoms with Gasteiger partial charge >= 0.3 is 0 Å². The van der Waals surface area contributed by atoms with E-state index in [1.165, 1.54) is 51.0 Å². The lowest BCUT2D eigenvalue weighted by molar-refractivity contribution is -0.126. The Kier molecular flexibility index (Phi) is 11.1. The number of benzene rings is 1. The van der Waals surface area contributed by atoms with Crippen molar-refractivity contribution in [1.82, 2.24) is 10.7 Å². The van der Waals surface area contributed by atoms with Gasteiger partial charge in [0.05, 0.1) is 23.7 Å². The summed E-state index contributed by atoms with van der Waals surface area (Å²) in [5.74, 6) is -0.598. The Balaban J connectivity index is 1.59. The SMILES string of the molecule is CCCCCCCCCCCC(=O)NCC(=O)N/N=C/c1coc2ccccc2c1=O. The zero-order valence-electron chi connectivity index (χ0n) is 18.3. The molecule has 0 spiro atoms. The van der Waals surface area contributed by atoms with Gasteiger partial charge in [0.2, 0.25) is 11.3 Å². The van der Waals surface area contributed by atoms with Crippen LogP contribution in [0.1, 0.15) is 76.7 Å². The number of unbranched alkanes of at least 4 members (excludes halogenated alkanes) is 8. The zero-order valence-corrected chi connectivity index (χ0v) is 18.3. The van der Waals surface area contributed by atoms with Crippen LogP contribution in [0, 0.1) is 0 Å². The van der Waals surface area contributed by atoms with E-state index in [4.69, 9.17) is 4.42 Å². The van der Waals surface area contributed by atoms with E-state index in [2.05, 4.69) is 22.8 Å². The molecule has 2 rings (SSSR count). The van der Waals surface area contributed by atoms with Gasteiger partial charge in [0.15, 0.2) is 0 Å². The van der Waals surface area contributed by atoms with Crippen molar-refractivity contribution in [1.29, 1.82) is 0 Å². The summed E-state index contributed by atoms with van der Waals surface area (Å²) in [7, 11) is 0. The highest BCUT2D eigenvalue weighted by Gasteiger charge is 2.06. The summed E-state index contributed by atoms with van der Waals surface area (Å²) in [6, 6.07) is 6.90. The van der Waals surface area contributed by atoms with Gasteiger partial charge in [0.25, 0.3) is 5.91 Å². The van der Waals surface area contributed by atoms with Crippen LogP contribution in [0.5, 0.6) is 0 Å². The van der Waals surface area contributed by atoms with E-state index in [0.29, 0.717) is 17.4 Å². The van der Waals surface area contributed by atoms with Crippen LogP contribution in [0.4, 0.5) is 0 Å². The summed E-state index contributed by atoms with van der Waals surface area (Å²) in [5.41, 5.74) is 2.79. The third-order valence-corrected chi connectivity index (χ3v) is 5.05. The molecule has 7 heteroatoms. The molecule has 0 aliphatic carbocycles. The number of para-hydroxylation sites is 1. The molecule has 2 aromatic rings. The number of nitrogens with one attached hydrogen (secondary N) is 2. The van der Waals surface area contributed by atoms with Crippen LogP contribution >= 0.6 is 0 Å². The Morgan fingerprint density at radius 1 is 0.968 bits per heavy atom. The summed E-state index contributed by atoms with van der Waals surface area (Å²) in [5, 5.41) is 6.81. The first kappa shape index (κ1) is 24.3. The van der Waals surface area contributed by atoms with Crippen molar-refractivity contribution in [2.75, 3.05) is 6.54 Å². The van der Waals surface area contributed by atoms with Crippen molar-refractivity contribution in [3.63, 3.8) is 0 Å². The lowest BCUT2D eigenvalue weighted by atomic mass is 10.1. The molecular formula is C24H33N3O4. The van der Waals surface area contributed by atoms with E-state index < -0.39 is 5.91 Å². The summed E-state index contributed by atoms with van der Waals surface area (Å²) < 4.78 is 5.38. The minimum absolute atomic E-state index is 0.141. The van der Waals surface area contributed by atoms with Crippen molar-refractivity contribution in [3.8, 4) is 0 Å². The van der Waals surface area contributed by atoms with Gasteiger partial charge in [-0.2, -0.15) is 5.10 Å². The molecule has 2 amide bonds.